The van der Waals surface area contributed by atoms with Crippen LogP contribution < -0.4 is 0 Å². The maximum Gasteiger partial charge on any atom is 0.341 e. The van der Waals surface area contributed by atoms with E-state index in [0.717, 1.165) is 6.07 Å². The molecule has 0 aliphatic heterocycles. The van der Waals surface area contributed by atoms with Crippen LogP contribution in [0.3, 0.4) is 0 Å². The van der Waals surface area contributed by atoms with Crippen molar-refractivity contribution in [3.8, 4) is 0 Å². The van der Waals surface area contributed by atoms with Crippen LogP contribution in [0.2, 0.25) is 0 Å². The molecule has 7 heteroatoms. The van der Waals surface area contributed by atoms with Crippen LogP contribution in [0, 0.1) is 5.82 Å². The number of carbonyl (C=O) groups is 2. The average molecular weight is 292 g/mol. The van der Waals surface area contributed by atoms with Gasteiger partial charge in [0.2, 0.25) is 0 Å². The van der Waals surface area contributed by atoms with Gasteiger partial charge in [-0.05, 0) is 24.6 Å². The van der Waals surface area contributed by atoms with Crippen molar-refractivity contribution in [2.75, 3.05) is 6.61 Å². The molecular weight excluding hydrogens is 279 g/mol. The number of aromatic nitrogens is 2. The highest BCUT2D eigenvalue weighted by Crippen LogP contribution is 2.12. The van der Waals surface area contributed by atoms with E-state index < -0.39 is 17.8 Å². The van der Waals surface area contributed by atoms with Crippen LogP contribution in [0.25, 0.3) is 0 Å². The van der Waals surface area contributed by atoms with Crippen molar-refractivity contribution >= 4 is 11.9 Å². The van der Waals surface area contributed by atoms with Gasteiger partial charge in [-0.3, -0.25) is 4.68 Å². The molecule has 0 radical (unpaired) electrons. The van der Waals surface area contributed by atoms with Crippen molar-refractivity contribution in [2.45, 2.75) is 13.5 Å². The summed E-state index contributed by atoms with van der Waals surface area (Å²) in [6.07, 6.45) is 2.85. The third kappa shape index (κ3) is 3.44. The number of carboxylic acids is 1. The molecule has 0 fully saturated rings. The van der Waals surface area contributed by atoms with E-state index >= 15 is 0 Å². The Morgan fingerprint density at radius 2 is 2.19 bits per heavy atom. The molecule has 110 valence electrons. The first-order chi connectivity index (χ1) is 10.0. The molecule has 2 rings (SSSR count). The molecule has 6 nitrogen and oxygen atoms in total. The average Bonchev–Trinajstić information content (AvgIpc) is 2.87. The number of esters is 1. The van der Waals surface area contributed by atoms with Crippen molar-refractivity contribution in [1.29, 1.82) is 0 Å². The van der Waals surface area contributed by atoms with Gasteiger partial charge in [0.25, 0.3) is 0 Å². The van der Waals surface area contributed by atoms with E-state index in [0.29, 0.717) is 11.1 Å². The van der Waals surface area contributed by atoms with Crippen molar-refractivity contribution < 1.29 is 23.8 Å². The van der Waals surface area contributed by atoms with Gasteiger partial charge in [-0.2, -0.15) is 5.10 Å². The molecule has 0 saturated carbocycles. The predicted molar refractivity (Wildman–Crippen MR) is 70.6 cm³/mol. The van der Waals surface area contributed by atoms with Crippen LogP contribution >= 0.6 is 0 Å². The normalized spacial score (nSPS) is 10.4. The summed E-state index contributed by atoms with van der Waals surface area (Å²) in [5.74, 6) is -2.60. The summed E-state index contributed by atoms with van der Waals surface area (Å²) in [5.41, 5.74) is 0.460. The first-order valence-electron chi connectivity index (χ1n) is 6.22. The van der Waals surface area contributed by atoms with E-state index in [-0.39, 0.29) is 18.7 Å². The van der Waals surface area contributed by atoms with Gasteiger partial charge in [0.15, 0.2) is 0 Å². The largest absolute Gasteiger partial charge is 0.478 e. The quantitative estimate of drug-likeness (QED) is 0.852. The zero-order chi connectivity index (χ0) is 15.4. The van der Waals surface area contributed by atoms with Crippen LogP contribution in [-0.4, -0.2) is 33.4 Å². The highest BCUT2D eigenvalue weighted by molar-refractivity contribution is 5.89. The molecule has 1 N–H and O–H groups in total. The van der Waals surface area contributed by atoms with Crippen LogP contribution in [0.4, 0.5) is 4.39 Å². The van der Waals surface area contributed by atoms with Gasteiger partial charge in [0, 0.05) is 6.20 Å². The summed E-state index contributed by atoms with van der Waals surface area (Å²) in [4.78, 5) is 22.2. The number of rotatable bonds is 5. The molecule has 21 heavy (non-hydrogen) atoms. The molecule has 1 aromatic heterocycles. The molecule has 0 amide bonds. The number of carboxylic acid groups (broad SMARTS) is 1. The second-order valence-electron chi connectivity index (χ2n) is 4.27. The Kier molecular flexibility index (Phi) is 4.32. The summed E-state index contributed by atoms with van der Waals surface area (Å²) < 4.78 is 19.8. The molecule has 0 unspecified atom stereocenters. The third-order valence-electron chi connectivity index (χ3n) is 2.75. The van der Waals surface area contributed by atoms with E-state index in [4.69, 9.17) is 9.84 Å². The lowest BCUT2D eigenvalue weighted by molar-refractivity contribution is 0.0525. The minimum atomic E-state index is -1.32. The Morgan fingerprint density at radius 3 is 2.81 bits per heavy atom. The Labute approximate surface area is 119 Å². The third-order valence-corrected chi connectivity index (χ3v) is 2.75. The topological polar surface area (TPSA) is 81.4 Å². The number of halogens is 1. The number of aromatic carboxylic acids is 1. The van der Waals surface area contributed by atoms with Crippen molar-refractivity contribution in [2.24, 2.45) is 0 Å². The molecule has 0 aliphatic rings. The molecule has 1 aromatic carbocycles. The van der Waals surface area contributed by atoms with Gasteiger partial charge in [-0.1, -0.05) is 6.07 Å². The summed E-state index contributed by atoms with van der Waals surface area (Å²) in [7, 11) is 0. The molecule has 0 atom stereocenters. The molecule has 0 bridgehead atoms. The van der Waals surface area contributed by atoms with E-state index in [2.05, 4.69) is 5.10 Å². The van der Waals surface area contributed by atoms with Gasteiger partial charge in [0.05, 0.1) is 30.5 Å². The minimum Gasteiger partial charge on any atom is -0.478 e. The molecule has 0 aliphatic carbocycles. The standard InChI is InChI=1S/C14H13FN2O4/c1-2-21-14(20)10-6-16-17(8-10)7-9-3-4-11(13(18)19)12(15)5-9/h3-6,8H,2,7H2,1H3,(H,18,19). The number of ether oxygens (including phenoxy) is 1. The van der Waals surface area contributed by atoms with Gasteiger partial charge in [-0.25, -0.2) is 14.0 Å². The second kappa shape index (κ2) is 6.17. The van der Waals surface area contributed by atoms with Crippen LogP contribution in [0.15, 0.2) is 30.6 Å². The molecule has 2 aromatic rings. The Hall–Kier alpha value is -2.70. The summed E-state index contributed by atoms with van der Waals surface area (Å²) in [5, 5.41) is 12.7. The summed E-state index contributed by atoms with van der Waals surface area (Å²) in [6.45, 7) is 2.19. The maximum atomic E-state index is 13.6. The van der Waals surface area contributed by atoms with E-state index in [1.54, 1.807) is 6.92 Å². The number of hydrogen-bond acceptors (Lipinski definition) is 4. The van der Waals surface area contributed by atoms with Crippen molar-refractivity contribution in [3.63, 3.8) is 0 Å². The highest BCUT2D eigenvalue weighted by atomic mass is 19.1. The lowest BCUT2D eigenvalue weighted by Crippen LogP contribution is -2.05. The highest BCUT2D eigenvalue weighted by Gasteiger charge is 2.12. The molecule has 0 spiro atoms. The van der Waals surface area contributed by atoms with Crippen molar-refractivity contribution in [1.82, 2.24) is 9.78 Å². The predicted octanol–water partition coefficient (Wildman–Crippen LogP) is 1.95. The summed E-state index contributed by atoms with van der Waals surface area (Å²) in [6, 6.07) is 3.83. The zero-order valence-corrected chi connectivity index (χ0v) is 11.2. The SMILES string of the molecule is CCOC(=O)c1cnn(Cc2ccc(C(=O)O)c(F)c2)c1. The van der Waals surface area contributed by atoms with E-state index in [1.807, 2.05) is 0 Å². The zero-order valence-electron chi connectivity index (χ0n) is 11.2. The fraction of sp³-hybridized carbons (Fsp3) is 0.214. The van der Waals surface area contributed by atoms with Gasteiger partial charge in [-0.15, -0.1) is 0 Å². The van der Waals surface area contributed by atoms with Gasteiger partial charge >= 0.3 is 11.9 Å². The Morgan fingerprint density at radius 1 is 1.43 bits per heavy atom. The molecule has 0 saturated heterocycles. The summed E-state index contributed by atoms with van der Waals surface area (Å²) >= 11 is 0. The first-order valence-corrected chi connectivity index (χ1v) is 6.22. The fourth-order valence-corrected chi connectivity index (χ4v) is 1.79. The number of carbonyl (C=O) groups excluding carboxylic acids is 1. The van der Waals surface area contributed by atoms with Crippen LogP contribution in [0.1, 0.15) is 33.2 Å². The van der Waals surface area contributed by atoms with E-state index in [9.17, 15) is 14.0 Å². The fourth-order valence-electron chi connectivity index (χ4n) is 1.79. The monoisotopic (exact) mass is 292 g/mol. The minimum absolute atomic E-state index is 0.218. The Balaban J connectivity index is 2.14. The Bertz CT molecular complexity index is 681. The first kappa shape index (κ1) is 14.7. The van der Waals surface area contributed by atoms with Gasteiger partial charge in [0.1, 0.15) is 5.82 Å². The number of benzene rings is 1. The van der Waals surface area contributed by atoms with Crippen LogP contribution in [0.5, 0.6) is 0 Å². The lowest BCUT2D eigenvalue weighted by Gasteiger charge is -2.04. The lowest BCUT2D eigenvalue weighted by atomic mass is 10.1. The van der Waals surface area contributed by atoms with Crippen molar-refractivity contribution in [3.05, 3.63) is 53.1 Å². The van der Waals surface area contributed by atoms with E-state index in [1.165, 1.54) is 29.2 Å². The van der Waals surface area contributed by atoms with Crippen LogP contribution in [-0.2, 0) is 11.3 Å². The maximum absolute atomic E-state index is 13.6. The number of nitrogens with zero attached hydrogens (tertiary/aromatic N) is 2. The van der Waals surface area contributed by atoms with Gasteiger partial charge < -0.3 is 9.84 Å². The smallest absolute Gasteiger partial charge is 0.341 e. The second-order valence-corrected chi connectivity index (χ2v) is 4.27. The number of hydrogen-bond donors (Lipinski definition) is 1. The molecular formula is C14H13FN2O4. The molecule has 1 heterocycles.